The van der Waals surface area contributed by atoms with E-state index in [1.54, 1.807) is 28.9 Å². The van der Waals surface area contributed by atoms with Crippen LogP contribution in [0.4, 0.5) is 9.18 Å². The Balaban J connectivity index is 1.60. The fraction of sp³-hybridized carbons (Fsp3) is 0.393. The summed E-state index contributed by atoms with van der Waals surface area (Å²) in [4.78, 5) is 44.5. The van der Waals surface area contributed by atoms with E-state index in [1.165, 1.54) is 12.1 Å². The topological polar surface area (TPSA) is 82.2 Å². The number of nitrogens with zero attached hydrogens (tertiary/aromatic N) is 3. The molecule has 1 fully saturated rings. The fourth-order valence-corrected chi connectivity index (χ4v) is 4.88. The molecule has 196 valence electrons. The van der Waals surface area contributed by atoms with E-state index in [4.69, 9.17) is 4.74 Å². The van der Waals surface area contributed by atoms with Crippen molar-refractivity contribution in [3.05, 3.63) is 82.3 Å². The van der Waals surface area contributed by atoms with Crippen LogP contribution < -0.4 is 5.32 Å². The van der Waals surface area contributed by atoms with E-state index in [-0.39, 0.29) is 24.1 Å². The highest BCUT2D eigenvalue weighted by molar-refractivity contribution is 5.95. The summed E-state index contributed by atoms with van der Waals surface area (Å²) in [5.74, 6) is -1.33. The molecule has 0 spiro atoms. The van der Waals surface area contributed by atoms with Crippen molar-refractivity contribution >= 4 is 17.9 Å². The van der Waals surface area contributed by atoms with Gasteiger partial charge >= 0.3 is 12.0 Å². The lowest BCUT2D eigenvalue weighted by molar-refractivity contribution is -0.139. The average Bonchev–Trinajstić information content (AvgIpc) is 2.89. The lowest BCUT2D eigenvalue weighted by Gasteiger charge is -2.40. The number of amides is 3. The highest BCUT2D eigenvalue weighted by Gasteiger charge is 2.38. The van der Waals surface area contributed by atoms with Gasteiger partial charge in [0.25, 0.3) is 5.91 Å². The Kier molecular flexibility index (Phi) is 8.23. The molecule has 1 unspecified atom stereocenters. The van der Waals surface area contributed by atoms with Crippen LogP contribution in [-0.2, 0) is 9.53 Å². The maximum absolute atomic E-state index is 14.1. The number of benzene rings is 2. The molecule has 3 amide bonds. The average molecular weight is 509 g/mol. The number of hydrogen-bond donors (Lipinski definition) is 1. The van der Waals surface area contributed by atoms with Gasteiger partial charge in [-0.15, -0.1) is 0 Å². The first-order valence-corrected chi connectivity index (χ1v) is 12.6. The molecule has 1 atom stereocenters. The fourth-order valence-electron chi connectivity index (χ4n) is 4.88. The van der Waals surface area contributed by atoms with Gasteiger partial charge in [-0.2, -0.15) is 0 Å². The molecule has 0 aromatic heterocycles. The first-order valence-electron chi connectivity index (χ1n) is 12.6. The second-order valence-corrected chi connectivity index (χ2v) is 9.17. The second-order valence-electron chi connectivity index (χ2n) is 9.17. The van der Waals surface area contributed by atoms with Gasteiger partial charge < -0.3 is 15.0 Å². The number of rotatable bonds is 7. The van der Waals surface area contributed by atoms with Crippen LogP contribution in [0.1, 0.15) is 41.4 Å². The highest BCUT2D eigenvalue weighted by atomic mass is 19.1. The third-order valence-corrected chi connectivity index (χ3v) is 6.76. The number of piperazine rings is 1. The zero-order valence-corrected chi connectivity index (χ0v) is 21.5. The number of likely N-dealkylation sites (N-methyl/N-ethyl adjacent to an activating group) is 1. The van der Waals surface area contributed by atoms with E-state index in [0.29, 0.717) is 50.5 Å². The summed E-state index contributed by atoms with van der Waals surface area (Å²) in [6.07, 6.45) is 0. The van der Waals surface area contributed by atoms with E-state index in [9.17, 15) is 18.8 Å². The van der Waals surface area contributed by atoms with Crippen LogP contribution in [-0.4, -0.2) is 78.5 Å². The minimum absolute atomic E-state index is 0.0605. The minimum atomic E-state index is -0.631. The summed E-state index contributed by atoms with van der Waals surface area (Å²) in [6, 6.07) is 12.8. The van der Waals surface area contributed by atoms with Gasteiger partial charge in [0.15, 0.2) is 0 Å². The lowest BCUT2D eigenvalue weighted by Crippen LogP contribution is -2.53. The summed E-state index contributed by atoms with van der Waals surface area (Å²) in [5.41, 5.74) is 2.91. The number of urea groups is 1. The lowest BCUT2D eigenvalue weighted by atomic mass is 9.93. The van der Waals surface area contributed by atoms with Gasteiger partial charge in [-0.25, -0.2) is 14.0 Å². The van der Waals surface area contributed by atoms with Crippen LogP contribution in [0.15, 0.2) is 59.8 Å². The van der Waals surface area contributed by atoms with Crippen molar-refractivity contribution in [3.8, 4) is 0 Å². The maximum Gasteiger partial charge on any atom is 0.338 e. The SMILES string of the molecule is CCOC(=O)C1=C(CN2CCN(C(=O)c3ccccc3F)CC2)N(CC)C(=O)NC1c1cccc(C)c1. The molecular weight excluding hydrogens is 475 g/mol. The summed E-state index contributed by atoms with van der Waals surface area (Å²) in [5, 5.41) is 2.98. The van der Waals surface area contributed by atoms with Gasteiger partial charge in [0.1, 0.15) is 5.82 Å². The predicted octanol–water partition coefficient (Wildman–Crippen LogP) is 3.50. The van der Waals surface area contributed by atoms with Crippen molar-refractivity contribution < 1.29 is 23.5 Å². The number of carbonyl (C=O) groups is 3. The number of nitrogens with one attached hydrogen (secondary N) is 1. The van der Waals surface area contributed by atoms with Gasteiger partial charge in [0, 0.05) is 45.0 Å². The first kappa shape index (κ1) is 26.3. The van der Waals surface area contributed by atoms with Gasteiger partial charge in [-0.3, -0.25) is 14.6 Å². The van der Waals surface area contributed by atoms with E-state index in [1.807, 2.05) is 38.1 Å². The monoisotopic (exact) mass is 508 g/mol. The Morgan fingerprint density at radius 1 is 1.05 bits per heavy atom. The first-order chi connectivity index (χ1) is 17.8. The van der Waals surface area contributed by atoms with Crippen LogP contribution >= 0.6 is 0 Å². The molecule has 0 radical (unpaired) electrons. The summed E-state index contributed by atoms with van der Waals surface area (Å²) < 4.78 is 19.6. The van der Waals surface area contributed by atoms with E-state index in [2.05, 4.69) is 10.2 Å². The summed E-state index contributed by atoms with van der Waals surface area (Å²) in [7, 11) is 0. The molecule has 1 saturated heterocycles. The van der Waals surface area contributed by atoms with Crippen molar-refractivity contribution in [2.24, 2.45) is 0 Å². The molecule has 0 aliphatic carbocycles. The maximum atomic E-state index is 14.1. The van der Waals surface area contributed by atoms with E-state index >= 15 is 0 Å². The number of carbonyl (C=O) groups excluding carboxylic acids is 3. The smallest absolute Gasteiger partial charge is 0.338 e. The van der Waals surface area contributed by atoms with E-state index < -0.39 is 17.8 Å². The van der Waals surface area contributed by atoms with Crippen LogP contribution in [0.3, 0.4) is 0 Å². The molecule has 0 saturated carbocycles. The third-order valence-electron chi connectivity index (χ3n) is 6.76. The molecule has 2 heterocycles. The quantitative estimate of drug-likeness (QED) is 0.579. The van der Waals surface area contributed by atoms with Crippen molar-refractivity contribution in [1.29, 1.82) is 0 Å². The largest absolute Gasteiger partial charge is 0.463 e. The van der Waals surface area contributed by atoms with Gasteiger partial charge in [0.05, 0.1) is 23.8 Å². The van der Waals surface area contributed by atoms with Crippen molar-refractivity contribution in [2.75, 3.05) is 45.9 Å². The van der Waals surface area contributed by atoms with Gasteiger partial charge in [-0.05, 0) is 38.5 Å². The number of hydrogen-bond acceptors (Lipinski definition) is 5. The number of aryl methyl sites for hydroxylation is 1. The Morgan fingerprint density at radius 3 is 2.43 bits per heavy atom. The molecule has 1 N–H and O–H groups in total. The Hall–Kier alpha value is -3.72. The standard InChI is InChI=1S/C28H33FN4O4/c1-4-33-23(18-31-13-15-32(16-14-31)26(34)21-11-6-7-12-22(21)29)24(27(35)37-5-2)25(30-28(33)36)20-10-8-9-19(3)17-20/h6-12,17,25H,4-5,13-16,18H2,1-3H3,(H,30,36). The van der Waals surface area contributed by atoms with Crippen LogP contribution in [0, 0.1) is 12.7 Å². The second kappa shape index (κ2) is 11.6. The molecule has 4 rings (SSSR count). The molecule has 2 aliphatic heterocycles. The normalized spacial score (nSPS) is 18.6. The van der Waals surface area contributed by atoms with Gasteiger partial charge in [0.2, 0.25) is 0 Å². The molecule has 9 heteroatoms. The van der Waals surface area contributed by atoms with Crippen molar-refractivity contribution in [2.45, 2.75) is 26.8 Å². The molecule has 37 heavy (non-hydrogen) atoms. The molecule has 2 aromatic rings. The zero-order valence-electron chi connectivity index (χ0n) is 21.5. The van der Waals surface area contributed by atoms with E-state index in [0.717, 1.165) is 11.1 Å². The Labute approximate surface area is 216 Å². The Bertz CT molecular complexity index is 1210. The zero-order chi connectivity index (χ0) is 26.5. The molecule has 0 bridgehead atoms. The van der Waals surface area contributed by atoms with Crippen molar-refractivity contribution in [1.82, 2.24) is 20.0 Å². The van der Waals surface area contributed by atoms with Crippen molar-refractivity contribution in [3.63, 3.8) is 0 Å². The molecule has 2 aromatic carbocycles. The minimum Gasteiger partial charge on any atom is -0.463 e. The number of halogens is 1. The highest BCUT2D eigenvalue weighted by Crippen LogP contribution is 2.32. The van der Waals surface area contributed by atoms with Crippen LogP contribution in [0.25, 0.3) is 0 Å². The van der Waals surface area contributed by atoms with Gasteiger partial charge in [-0.1, -0.05) is 42.0 Å². The van der Waals surface area contributed by atoms with Crippen LogP contribution in [0.5, 0.6) is 0 Å². The molecular formula is C28H33FN4O4. The summed E-state index contributed by atoms with van der Waals surface area (Å²) in [6.45, 7) is 8.39. The molecule has 8 nitrogen and oxygen atoms in total. The third kappa shape index (κ3) is 5.67. The predicted molar refractivity (Wildman–Crippen MR) is 137 cm³/mol. The number of ether oxygens (including phenoxy) is 1. The van der Waals surface area contributed by atoms with Crippen LogP contribution in [0.2, 0.25) is 0 Å². The Morgan fingerprint density at radius 2 is 1.78 bits per heavy atom. The summed E-state index contributed by atoms with van der Waals surface area (Å²) >= 11 is 0. The molecule has 2 aliphatic rings. The number of esters is 1.